The molecule has 1 aliphatic carbocycles. The number of hydrogen-bond acceptors (Lipinski definition) is 12. The maximum Gasteiger partial charge on any atom is 0.324 e. The molecule has 74 heavy (non-hydrogen) atoms. The molecule has 16 nitrogen and oxygen atoms in total. The number of carbonyl (C=O) groups is 5. The van der Waals surface area contributed by atoms with Gasteiger partial charge in [-0.15, -0.1) is 11.3 Å². The molecule has 5 atom stereocenters. The Balaban J connectivity index is 1.03. The number of hydrazine groups is 1. The van der Waals surface area contributed by atoms with Gasteiger partial charge < -0.3 is 29.2 Å². The number of thiazole rings is 1. The number of amides is 4. The van der Waals surface area contributed by atoms with Crippen LogP contribution in [-0.4, -0.2) is 151 Å². The van der Waals surface area contributed by atoms with Gasteiger partial charge in [-0.05, 0) is 120 Å². The topological polar surface area (TPSA) is 172 Å². The average Bonchev–Trinajstić information content (AvgIpc) is 4.21. The molecule has 0 spiro atoms. The van der Waals surface area contributed by atoms with E-state index in [0.29, 0.717) is 51.0 Å². The Hall–Kier alpha value is -5.45. The molecule has 7 heterocycles. The van der Waals surface area contributed by atoms with E-state index in [1.807, 2.05) is 32.2 Å². The highest BCUT2D eigenvalue weighted by molar-refractivity contribution is 7.13. The zero-order valence-corrected chi connectivity index (χ0v) is 46.2. The molecule has 1 aromatic carbocycles. The van der Waals surface area contributed by atoms with E-state index < -0.39 is 51.9 Å². The van der Waals surface area contributed by atoms with Crippen molar-refractivity contribution in [1.29, 1.82) is 0 Å². The summed E-state index contributed by atoms with van der Waals surface area (Å²) in [5.41, 5.74) is 8.76. The molecular weight excluding hydrogens is 971 g/mol. The SMILES string of the molecule is CCn1c(-c2cccnc2[C@H](C)OC)c2c3cc(ccc31)-c1nc(cs1)C[C@H](NC(=O)[C@H](C1CCCC1)N(C)C(=O)C1([Si])CCN(C(=O)C#CC(C)(C)N3CCC3)C1)C(=O)N1CCC[C@H](N1)C(=O)OCC(C)(C)C2. The minimum atomic E-state index is -1.13. The van der Waals surface area contributed by atoms with Gasteiger partial charge in [0.2, 0.25) is 11.8 Å². The van der Waals surface area contributed by atoms with Crippen LogP contribution in [0, 0.1) is 23.2 Å². The average molecular weight is 1040 g/mol. The number of likely N-dealkylation sites (tertiary alicyclic amines) is 2. The molecule has 4 amide bonds. The first kappa shape index (κ1) is 53.4. The number of nitrogens with zero attached hydrogens (tertiary/aromatic N) is 7. The molecule has 3 saturated heterocycles. The lowest BCUT2D eigenvalue weighted by molar-refractivity contribution is -0.155. The standard InChI is InChI=1S/C56H72N9O7SSi/c1-9-64-44-20-19-37-29-40(44)41(48(64)39-17-12-24-57-46(39)35(2)71-8)31-54(3,4)34-72-52(69)42-18-13-27-65(60-42)51(68)43(30-38-32-73-50(37)58-38)59-49(67)47(36-15-10-11-16-36)61(7)53(70)56(74)23-28-62(33-56)45(66)21-22-55(5,6)63-25-14-26-63/h12,17,19-20,24,29,32,35-36,42-43,47,60H,9-11,13-16,18,23,25-28,30-31,33-34H2,1-8H3,(H,59,67)/t35-,42-,43-,47-,56?/m0/s1. The number of fused-ring (bicyclic) bond motifs is 6. The molecule has 3 radical (unpaired) electrons. The molecule has 2 N–H and O–H groups in total. The van der Waals surface area contributed by atoms with Crippen molar-refractivity contribution in [2.24, 2.45) is 11.3 Å². The molecule has 4 aliphatic heterocycles. The summed E-state index contributed by atoms with van der Waals surface area (Å²) in [5, 5.41) is 7.20. The van der Waals surface area contributed by atoms with Crippen molar-refractivity contribution < 1.29 is 33.4 Å². The van der Waals surface area contributed by atoms with Crippen LogP contribution in [0.25, 0.3) is 32.7 Å². The summed E-state index contributed by atoms with van der Waals surface area (Å²) in [4.78, 5) is 87.5. The number of cyclic esters (lactones) is 1. The van der Waals surface area contributed by atoms with E-state index >= 15 is 4.79 Å². The zero-order chi connectivity index (χ0) is 52.7. The zero-order valence-electron chi connectivity index (χ0n) is 44.3. The van der Waals surface area contributed by atoms with Gasteiger partial charge in [-0.3, -0.25) is 38.9 Å². The molecule has 18 heteroatoms. The number of likely N-dealkylation sites (N-methyl/N-ethyl adjacent to an activating group) is 1. The lowest BCUT2D eigenvalue weighted by Gasteiger charge is -2.41. The molecule has 393 valence electrons. The number of ether oxygens (including phenoxy) is 2. The third-order valence-electron chi connectivity index (χ3n) is 16.1. The number of methoxy groups -OCH3 is 1. The van der Waals surface area contributed by atoms with Gasteiger partial charge in [-0.25, -0.2) is 10.4 Å². The molecule has 5 aliphatic rings. The van der Waals surface area contributed by atoms with E-state index in [-0.39, 0.29) is 43.4 Å². The summed E-state index contributed by atoms with van der Waals surface area (Å²) in [5.74, 6) is 3.91. The van der Waals surface area contributed by atoms with Crippen LogP contribution < -0.4 is 10.7 Å². The van der Waals surface area contributed by atoms with Crippen LogP contribution in [0.2, 0.25) is 5.04 Å². The van der Waals surface area contributed by atoms with Gasteiger partial charge in [-0.2, -0.15) is 0 Å². The second-order valence-electron chi connectivity index (χ2n) is 22.4. The second kappa shape index (κ2) is 21.6. The Morgan fingerprint density at radius 2 is 1.85 bits per heavy atom. The van der Waals surface area contributed by atoms with E-state index in [9.17, 15) is 19.2 Å². The van der Waals surface area contributed by atoms with E-state index in [4.69, 9.17) is 19.4 Å². The van der Waals surface area contributed by atoms with Crippen molar-refractivity contribution in [3.8, 4) is 33.7 Å². The fourth-order valence-electron chi connectivity index (χ4n) is 11.7. The highest BCUT2D eigenvalue weighted by Crippen LogP contribution is 2.43. The Bertz CT molecular complexity index is 2860. The smallest absolute Gasteiger partial charge is 0.324 e. The van der Waals surface area contributed by atoms with Crippen molar-refractivity contribution >= 4 is 62.1 Å². The van der Waals surface area contributed by atoms with E-state index in [0.717, 1.165) is 89.2 Å². The fraction of sp³-hybridized carbons (Fsp3) is 0.589. The van der Waals surface area contributed by atoms with Gasteiger partial charge in [-0.1, -0.05) is 32.6 Å². The van der Waals surface area contributed by atoms with Gasteiger partial charge in [0, 0.05) is 109 Å². The van der Waals surface area contributed by atoms with Gasteiger partial charge in [0.1, 0.15) is 23.1 Å². The number of rotatable bonds is 10. The number of hydrogen-bond donors (Lipinski definition) is 2. The quantitative estimate of drug-likeness (QED) is 0.104. The van der Waals surface area contributed by atoms with Crippen molar-refractivity contribution in [2.45, 2.75) is 147 Å². The molecule has 9 rings (SSSR count). The Morgan fingerprint density at radius 3 is 2.57 bits per heavy atom. The lowest BCUT2D eigenvalue weighted by atomic mass is 9.84. The number of esters is 1. The van der Waals surface area contributed by atoms with Gasteiger partial charge in [0.25, 0.3) is 11.8 Å². The third kappa shape index (κ3) is 10.8. The minimum Gasteiger partial charge on any atom is -0.464 e. The third-order valence-corrected chi connectivity index (χ3v) is 17.6. The molecule has 4 fully saturated rings. The second-order valence-corrected chi connectivity index (χ2v) is 24.2. The monoisotopic (exact) mass is 1040 g/mol. The summed E-state index contributed by atoms with van der Waals surface area (Å²) in [6, 6.07) is 7.67. The molecule has 1 unspecified atom stereocenters. The predicted molar refractivity (Wildman–Crippen MR) is 286 cm³/mol. The summed E-state index contributed by atoms with van der Waals surface area (Å²) in [7, 11) is 7.18. The molecule has 6 bridgehead atoms. The predicted octanol–water partition coefficient (Wildman–Crippen LogP) is 6.27. The number of benzene rings is 1. The first-order chi connectivity index (χ1) is 35.3. The van der Waals surface area contributed by atoms with Crippen molar-refractivity contribution in [3.63, 3.8) is 0 Å². The Kier molecular flexibility index (Phi) is 15.6. The van der Waals surface area contributed by atoms with E-state index in [2.05, 4.69) is 87.3 Å². The first-order valence-electron chi connectivity index (χ1n) is 26.5. The normalized spacial score (nSPS) is 23.6. The number of pyridine rings is 1. The highest BCUT2D eigenvalue weighted by atomic mass is 32.1. The van der Waals surface area contributed by atoms with Gasteiger partial charge >= 0.3 is 5.97 Å². The van der Waals surface area contributed by atoms with Crippen molar-refractivity contribution in [1.82, 2.24) is 45.0 Å². The van der Waals surface area contributed by atoms with Gasteiger partial charge in [0.15, 0.2) is 0 Å². The summed E-state index contributed by atoms with van der Waals surface area (Å²) in [6.07, 6.45) is 7.95. The number of aryl methyl sites for hydroxylation is 1. The van der Waals surface area contributed by atoms with Crippen LogP contribution in [0.5, 0.6) is 0 Å². The first-order valence-corrected chi connectivity index (χ1v) is 27.9. The minimum absolute atomic E-state index is 0.0671. The maximum atomic E-state index is 15.1. The summed E-state index contributed by atoms with van der Waals surface area (Å²) >= 11 is 1.48. The van der Waals surface area contributed by atoms with Crippen LogP contribution in [0.3, 0.4) is 0 Å². The summed E-state index contributed by atoms with van der Waals surface area (Å²) < 4.78 is 14.3. The van der Waals surface area contributed by atoms with Crippen LogP contribution in [0.1, 0.15) is 116 Å². The van der Waals surface area contributed by atoms with Crippen LogP contribution in [0.4, 0.5) is 0 Å². The largest absolute Gasteiger partial charge is 0.464 e. The number of aromatic nitrogens is 3. The van der Waals surface area contributed by atoms with Crippen molar-refractivity contribution in [2.75, 3.05) is 53.5 Å². The molecular formula is C56H72N9O7SSi. The summed E-state index contributed by atoms with van der Waals surface area (Å²) in [6.45, 7) is 15.9. The number of nitrogens with one attached hydrogen (secondary N) is 2. The maximum absolute atomic E-state index is 15.1. The molecule has 3 aromatic heterocycles. The fourth-order valence-corrected chi connectivity index (χ4v) is 13.0. The van der Waals surface area contributed by atoms with E-state index in [1.165, 1.54) is 21.2 Å². The van der Waals surface area contributed by atoms with Crippen LogP contribution >= 0.6 is 11.3 Å². The Morgan fingerprint density at radius 1 is 1.08 bits per heavy atom. The number of carbonyl (C=O) groups excluding carboxylic acids is 5. The lowest BCUT2D eigenvalue weighted by Crippen LogP contribution is -2.62. The molecule has 4 aromatic rings. The van der Waals surface area contributed by atoms with Crippen LogP contribution in [0.15, 0.2) is 41.9 Å². The van der Waals surface area contributed by atoms with Crippen molar-refractivity contribution in [3.05, 3.63) is 58.9 Å². The van der Waals surface area contributed by atoms with E-state index in [1.54, 1.807) is 25.3 Å². The highest BCUT2D eigenvalue weighted by Gasteiger charge is 2.48. The van der Waals surface area contributed by atoms with Crippen LogP contribution in [-0.2, 0) is 52.8 Å². The van der Waals surface area contributed by atoms with Gasteiger partial charge in [0.05, 0.1) is 40.4 Å². The Labute approximate surface area is 443 Å². The molecule has 1 saturated carbocycles.